The maximum atomic E-state index is 11.8. The summed E-state index contributed by atoms with van der Waals surface area (Å²) >= 11 is 5.61. The van der Waals surface area contributed by atoms with Crippen molar-refractivity contribution in [2.75, 3.05) is 0 Å². The van der Waals surface area contributed by atoms with E-state index in [2.05, 4.69) is 0 Å². The van der Waals surface area contributed by atoms with Crippen LogP contribution in [0.25, 0.3) is 0 Å². The molecule has 0 amide bonds. The largest absolute Gasteiger partial charge is 0.300 e. The van der Waals surface area contributed by atoms with Crippen molar-refractivity contribution in [2.24, 2.45) is 0 Å². The molecule has 0 saturated heterocycles. The first kappa shape index (κ1) is 15.0. The van der Waals surface area contributed by atoms with Gasteiger partial charge in [0, 0.05) is 11.1 Å². The molecule has 0 aliphatic heterocycles. The third kappa shape index (κ3) is 4.26. The third-order valence-corrected chi connectivity index (χ3v) is 2.50. The molecule has 0 atom stereocenters. The van der Waals surface area contributed by atoms with Gasteiger partial charge in [-0.2, -0.15) is 0 Å². The number of nitro groups is 1. The minimum Gasteiger partial charge on any atom is -0.300 e. The summed E-state index contributed by atoms with van der Waals surface area (Å²) in [7, 11) is 0. The number of carbonyl (C=O) groups is 3. The van der Waals surface area contributed by atoms with Crippen LogP contribution in [0, 0.1) is 10.1 Å². The van der Waals surface area contributed by atoms with Crippen LogP contribution in [0.5, 0.6) is 0 Å². The van der Waals surface area contributed by atoms with Crippen molar-refractivity contribution < 1.29 is 19.3 Å². The Kier molecular flexibility index (Phi) is 4.88. The first-order valence-corrected chi connectivity index (χ1v) is 5.67. The van der Waals surface area contributed by atoms with Crippen molar-refractivity contribution in [3.05, 3.63) is 38.9 Å². The molecule has 1 aromatic rings. The number of Topliss-reactive ketones (excluding diaryl/α,β-unsaturated/α-hetero) is 3. The summed E-state index contributed by atoms with van der Waals surface area (Å²) in [6.07, 6.45) is -0.894. The van der Waals surface area contributed by atoms with E-state index in [4.69, 9.17) is 11.6 Å². The minimum atomic E-state index is -0.742. The highest BCUT2D eigenvalue weighted by molar-refractivity contribution is 6.31. The predicted molar refractivity (Wildman–Crippen MR) is 67.4 cm³/mol. The van der Waals surface area contributed by atoms with Gasteiger partial charge in [0.1, 0.15) is 11.6 Å². The lowest BCUT2D eigenvalue weighted by Crippen LogP contribution is -2.12. The Bertz CT molecular complexity index is 567. The van der Waals surface area contributed by atoms with Crippen molar-refractivity contribution in [1.82, 2.24) is 0 Å². The maximum absolute atomic E-state index is 11.8. The quantitative estimate of drug-likeness (QED) is 0.346. The lowest BCUT2D eigenvalue weighted by Gasteiger charge is -2.02. The summed E-state index contributed by atoms with van der Waals surface area (Å²) in [6.45, 7) is 1.23. The Morgan fingerprint density at radius 1 is 1.26 bits per heavy atom. The zero-order valence-electron chi connectivity index (χ0n) is 10.0. The highest BCUT2D eigenvalue weighted by atomic mass is 35.5. The van der Waals surface area contributed by atoms with E-state index in [1.807, 2.05) is 0 Å². The molecule has 0 fully saturated rings. The molecule has 100 valence electrons. The van der Waals surface area contributed by atoms with Gasteiger partial charge in [-0.05, 0) is 19.1 Å². The first-order chi connectivity index (χ1) is 8.81. The van der Waals surface area contributed by atoms with Gasteiger partial charge in [0.15, 0.2) is 5.78 Å². The number of benzene rings is 1. The van der Waals surface area contributed by atoms with Gasteiger partial charge in [0.25, 0.3) is 5.69 Å². The Morgan fingerprint density at radius 2 is 1.89 bits per heavy atom. The first-order valence-electron chi connectivity index (χ1n) is 5.29. The molecule has 7 heteroatoms. The van der Waals surface area contributed by atoms with Gasteiger partial charge >= 0.3 is 0 Å². The molecule has 0 saturated carbocycles. The summed E-state index contributed by atoms with van der Waals surface area (Å²) in [6, 6.07) is 3.57. The van der Waals surface area contributed by atoms with Gasteiger partial charge < -0.3 is 0 Å². The molecule has 0 aliphatic carbocycles. The van der Waals surface area contributed by atoms with Gasteiger partial charge in [-0.25, -0.2) is 0 Å². The molecule has 0 N–H and O–H groups in total. The van der Waals surface area contributed by atoms with Crippen molar-refractivity contribution in [3.63, 3.8) is 0 Å². The molecule has 0 radical (unpaired) electrons. The smallest absolute Gasteiger partial charge is 0.281 e. The Labute approximate surface area is 113 Å². The number of ketones is 3. The second-order valence-electron chi connectivity index (χ2n) is 3.94. The minimum absolute atomic E-state index is 0.123. The van der Waals surface area contributed by atoms with E-state index in [-0.39, 0.29) is 22.8 Å². The van der Waals surface area contributed by atoms with E-state index in [1.165, 1.54) is 19.1 Å². The number of nitrogens with zero attached hydrogens (tertiary/aromatic N) is 1. The molecule has 0 heterocycles. The summed E-state index contributed by atoms with van der Waals surface area (Å²) in [5, 5.41) is 10.9. The number of rotatable bonds is 6. The van der Waals surface area contributed by atoms with Gasteiger partial charge in [-0.1, -0.05) is 11.6 Å². The molecular weight excluding hydrogens is 274 g/mol. The summed E-state index contributed by atoms with van der Waals surface area (Å²) in [4.78, 5) is 43.9. The van der Waals surface area contributed by atoms with Crippen LogP contribution in [-0.2, 0) is 9.59 Å². The average molecular weight is 284 g/mol. The van der Waals surface area contributed by atoms with E-state index in [0.717, 1.165) is 6.07 Å². The molecule has 1 aromatic carbocycles. The zero-order valence-corrected chi connectivity index (χ0v) is 10.8. The molecule has 1 rings (SSSR count). The van der Waals surface area contributed by atoms with E-state index in [9.17, 15) is 24.5 Å². The molecule has 0 aromatic heterocycles. The van der Waals surface area contributed by atoms with Crippen molar-refractivity contribution >= 4 is 34.6 Å². The zero-order chi connectivity index (χ0) is 14.6. The van der Waals surface area contributed by atoms with Gasteiger partial charge in [0.2, 0.25) is 0 Å². The number of nitro benzene ring substituents is 1. The van der Waals surface area contributed by atoms with Crippen LogP contribution in [-0.4, -0.2) is 22.3 Å². The molecule has 0 bridgehead atoms. The molecule has 0 unspecified atom stereocenters. The van der Waals surface area contributed by atoms with Crippen molar-refractivity contribution in [2.45, 2.75) is 19.8 Å². The fourth-order valence-corrected chi connectivity index (χ4v) is 1.67. The fourth-order valence-electron chi connectivity index (χ4n) is 1.51. The number of carbonyl (C=O) groups excluding carboxylic acids is 3. The number of halogens is 1. The summed E-state index contributed by atoms with van der Waals surface area (Å²) in [5.41, 5.74) is -0.639. The number of hydrogen-bond donors (Lipinski definition) is 0. The van der Waals surface area contributed by atoms with Crippen molar-refractivity contribution in [3.8, 4) is 0 Å². The molecule has 0 aliphatic rings. The standard InChI is InChI=1S/C12H10ClNO5/c1-7(15)4-9(16)6-12(17)10-3-2-8(13)5-11(10)14(18)19/h2-3,5H,4,6H2,1H3. The Balaban J connectivity index is 2.97. The predicted octanol–water partition coefficient (Wildman–Crippen LogP) is 2.37. The van der Waals surface area contributed by atoms with Crippen LogP contribution in [0.3, 0.4) is 0 Å². The maximum Gasteiger partial charge on any atom is 0.281 e. The highest BCUT2D eigenvalue weighted by Crippen LogP contribution is 2.24. The van der Waals surface area contributed by atoms with E-state index >= 15 is 0 Å². The summed E-state index contributed by atoms with van der Waals surface area (Å²) < 4.78 is 0. The normalized spacial score (nSPS) is 10.0. The van der Waals surface area contributed by atoms with Crippen LogP contribution in [0.2, 0.25) is 5.02 Å². The second kappa shape index (κ2) is 6.19. The molecule has 19 heavy (non-hydrogen) atoms. The van der Waals surface area contributed by atoms with Crippen LogP contribution < -0.4 is 0 Å². The monoisotopic (exact) mass is 283 g/mol. The molecule has 0 spiro atoms. The molecular formula is C12H10ClNO5. The fraction of sp³-hybridized carbons (Fsp3) is 0.250. The second-order valence-corrected chi connectivity index (χ2v) is 4.37. The van der Waals surface area contributed by atoms with Crippen LogP contribution >= 0.6 is 11.6 Å². The van der Waals surface area contributed by atoms with E-state index < -0.39 is 28.6 Å². The van der Waals surface area contributed by atoms with Crippen LogP contribution in [0.1, 0.15) is 30.1 Å². The number of hydrogen-bond acceptors (Lipinski definition) is 5. The van der Waals surface area contributed by atoms with E-state index in [1.54, 1.807) is 0 Å². The molecule has 6 nitrogen and oxygen atoms in total. The van der Waals surface area contributed by atoms with E-state index in [0.29, 0.717) is 0 Å². The highest BCUT2D eigenvalue weighted by Gasteiger charge is 2.22. The Morgan fingerprint density at radius 3 is 2.42 bits per heavy atom. The third-order valence-electron chi connectivity index (χ3n) is 2.26. The van der Waals surface area contributed by atoms with Gasteiger partial charge in [0.05, 0.1) is 23.3 Å². The van der Waals surface area contributed by atoms with Crippen LogP contribution in [0.4, 0.5) is 5.69 Å². The Hall–Kier alpha value is -2.08. The SMILES string of the molecule is CC(=O)CC(=O)CC(=O)c1ccc(Cl)cc1[N+](=O)[O-]. The van der Waals surface area contributed by atoms with Gasteiger partial charge in [-0.3, -0.25) is 24.5 Å². The average Bonchev–Trinajstić information content (AvgIpc) is 2.27. The topological polar surface area (TPSA) is 94.3 Å². The lowest BCUT2D eigenvalue weighted by atomic mass is 10.0. The summed E-state index contributed by atoms with van der Waals surface area (Å²) in [5.74, 6) is -1.63. The van der Waals surface area contributed by atoms with Crippen LogP contribution in [0.15, 0.2) is 18.2 Å². The van der Waals surface area contributed by atoms with Gasteiger partial charge in [-0.15, -0.1) is 0 Å². The van der Waals surface area contributed by atoms with Crippen molar-refractivity contribution in [1.29, 1.82) is 0 Å². The lowest BCUT2D eigenvalue weighted by molar-refractivity contribution is -0.385.